The van der Waals surface area contributed by atoms with Crippen molar-refractivity contribution in [1.82, 2.24) is 15.1 Å². The first-order valence-corrected chi connectivity index (χ1v) is 8.21. The van der Waals surface area contributed by atoms with Gasteiger partial charge in [-0.15, -0.1) is 0 Å². The quantitative estimate of drug-likeness (QED) is 0.868. The molecular weight excluding hydrogens is 258 g/mol. The summed E-state index contributed by atoms with van der Waals surface area (Å²) in [6.07, 6.45) is 2.69. The van der Waals surface area contributed by atoms with Crippen LogP contribution in [0, 0.1) is 5.92 Å². The Morgan fingerprint density at radius 3 is 2.62 bits per heavy atom. The zero-order valence-electron chi connectivity index (χ0n) is 14.0. The molecule has 0 saturated carbocycles. The van der Waals surface area contributed by atoms with E-state index in [1.165, 1.54) is 31.5 Å². The third-order valence-corrected chi connectivity index (χ3v) is 4.81. The van der Waals surface area contributed by atoms with Crippen molar-refractivity contribution >= 4 is 0 Å². The number of benzene rings is 1. The maximum atomic E-state index is 3.78. The molecule has 118 valence electrons. The Balaban J connectivity index is 1.90. The summed E-state index contributed by atoms with van der Waals surface area (Å²) in [4.78, 5) is 4.77. The molecule has 0 amide bonds. The van der Waals surface area contributed by atoms with Gasteiger partial charge in [0.25, 0.3) is 0 Å². The normalized spacial score (nSPS) is 23.2. The van der Waals surface area contributed by atoms with Crippen molar-refractivity contribution in [2.75, 3.05) is 40.8 Å². The zero-order valence-corrected chi connectivity index (χ0v) is 14.0. The summed E-state index contributed by atoms with van der Waals surface area (Å²) in [6.45, 7) is 5.85. The fourth-order valence-corrected chi connectivity index (χ4v) is 3.35. The molecule has 3 unspecified atom stereocenters. The summed E-state index contributed by atoms with van der Waals surface area (Å²) >= 11 is 0. The van der Waals surface area contributed by atoms with Crippen LogP contribution in [0.2, 0.25) is 0 Å². The lowest BCUT2D eigenvalue weighted by atomic mass is 9.91. The number of piperidine rings is 1. The predicted molar refractivity (Wildman–Crippen MR) is 90.6 cm³/mol. The molecule has 2 rings (SSSR count). The molecule has 3 atom stereocenters. The molecule has 0 bridgehead atoms. The van der Waals surface area contributed by atoms with E-state index in [1.54, 1.807) is 0 Å². The molecule has 0 spiro atoms. The van der Waals surface area contributed by atoms with E-state index in [0.717, 1.165) is 12.5 Å². The number of rotatable bonds is 6. The highest BCUT2D eigenvalue weighted by Gasteiger charge is 2.23. The first kappa shape index (κ1) is 16.5. The van der Waals surface area contributed by atoms with E-state index in [1.807, 2.05) is 0 Å². The van der Waals surface area contributed by atoms with E-state index >= 15 is 0 Å². The lowest BCUT2D eigenvalue weighted by molar-refractivity contribution is 0.172. The number of nitrogens with zero attached hydrogens (tertiary/aromatic N) is 2. The second-order valence-electron chi connectivity index (χ2n) is 6.75. The van der Waals surface area contributed by atoms with E-state index in [-0.39, 0.29) is 0 Å². The Morgan fingerprint density at radius 1 is 1.29 bits per heavy atom. The standard InChI is InChI=1S/C18H31N3/c1-15(17-11-8-12-21(4)14-17)19-13-18(20(2)3)16-9-6-5-7-10-16/h5-7,9-10,15,17-19H,8,11-14H2,1-4H3. The Kier molecular flexibility index (Phi) is 6.22. The van der Waals surface area contributed by atoms with Crippen molar-refractivity contribution in [2.24, 2.45) is 5.92 Å². The molecule has 1 aliphatic heterocycles. The molecule has 3 heteroatoms. The fraction of sp³-hybridized carbons (Fsp3) is 0.667. The highest BCUT2D eigenvalue weighted by Crippen LogP contribution is 2.21. The minimum Gasteiger partial charge on any atom is -0.312 e. The van der Waals surface area contributed by atoms with Crippen LogP contribution in [0.15, 0.2) is 30.3 Å². The molecule has 1 fully saturated rings. The molecule has 0 aromatic heterocycles. The molecule has 1 aromatic rings. The first-order valence-electron chi connectivity index (χ1n) is 8.21. The second-order valence-corrected chi connectivity index (χ2v) is 6.75. The van der Waals surface area contributed by atoms with Gasteiger partial charge in [-0.3, -0.25) is 0 Å². The van der Waals surface area contributed by atoms with Crippen LogP contribution in [0.5, 0.6) is 0 Å². The number of hydrogen-bond donors (Lipinski definition) is 1. The molecular formula is C18H31N3. The van der Waals surface area contributed by atoms with Gasteiger partial charge in [0, 0.05) is 25.2 Å². The molecule has 0 aliphatic carbocycles. The van der Waals surface area contributed by atoms with Crippen molar-refractivity contribution < 1.29 is 0 Å². The van der Waals surface area contributed by atoms with Gasteiger partial charge in [-0.25, -0.2) is 0 Å². The van der Waals surface area contributed by atoms with Gasteiger partial charge in [0.1, 0.15) is 0 Å². The smallest absolute Gasteiger partial charge is 0.0466 e. The van der Waals surface area contributed by atoms with E-state index < -0.39 is 0 Å². The van der Waals surface area contributed by atoms with Gasteiger partial charge in [-0.05, 0) is 58.9 Å². The van der Waals surface area contributed by atoms with E-state index in [0.29, 0.717) is 12.1 Å². The summed E-state index contributed by atoms with van der Waals surface area (Å²) in [5, 5.41) is 3.78. The van der Waals surface area contributed by atoms with E-state index in [2.05, 4.69) is 73.5 Å². The van der Waals surface area contributed by atoms with Crippen molar-refractivity contribution in [2.45, 2.75) is 31.8 Å². The highest BCUT2D eigenvalue weighted by molar-refractivity contribution is 5.19. The van der Waals surface area contributed by atoms with Crippen LogP contribution in [-0.2, 0) is 0 Å². The van der Waals surface area contributed by atoms with Crippen LogP contribution in [0.4, 0.5) is 0 Å². The topological polar surface area (TPSA) is 18.5 Å². The van der Waals surface area contributed by atoms with Crippen molar-refractivity contribution in [3.63, 3.8) is 0 Å². The Morgan fingerprint density at radius 2 is 2.00 bits per heavy atom. The molecule has 0 radical (unpaired) electrons. The van der Waals surface area contributed by atoms with Crippen LogP contribution < -0.4 is 5.32 Å². The number of hydrogen-bond acceptors (Lipinski definition) is 3. The summed E-state index contributed by atoms with van der Waals surface area (Å²) in [7, 11) is 6.57. The van der Waals surface area contributed by atoms with Crippen molar-refractivity contribution in [3.05, 3.63) is 35.9 Å². The monoisotopic (exact) mass is 289 g/mol. The summed E-state index contributed by atoms with van der Waals surface area (Å²) in [5.41, 5.74) is 1.39. The van der Waals surface area contributed by atoms with Gasteiger partial charge < -0.3 is 15.1 Å². The van der Waals surface area contributed by atoms with Gasteiger partial charge in [0.05, 0.1) is 0 Å². The van der Waals surface area contributed by atoms with Gasteiger partial charge in [0.2, 0.25) is 0 Å². The van der Waals surface area contributed by atoms with Gasteiger partial charge in [0.15, 0.2) is 0 Å². The zero-order chi connectivity index (χ0) is 15.2. The van der Waals surface area contributed by atoms with Gasteiger partial charge >= 0.3 is 0 Å². The molecule has 21 heavy (non-hydrogen) atoms. The molecule has 3 nitrogen and oxygen atoms in total. The third-order valence-electron chi connectivity index (χ3n) is 4.81. The second kappa shape index (κ2) is 7.92. The maximum absolute atomic E-state index is 3.78. The minimum atomic E-state index is 0.440. The molecule has 1 aliphatic rings. The van der Waals surface area contributed by atoms with Crippen molar-refractivity contribution in [3.8, 4) is 0 Å². The van der Waals surface area contributed by atoms with Crippen LogP contribution in [0.25, 0.3) is 0 Å². The molecule has 1 N–H and O–H groups in total. The summed E-state index contributed by atoms with van der Waals surface area (Å²) < 4.78 is 0. The highest BCUT2D eigenvalue weighted by atomic mass is 15.1. The Bertz CT molecular complexity index is 404. The number of likely N-dealkylation sites (N-methyl/N-ethyl adjacent to an activating group) is 1. The van der Waals surface area contributed by atoms with Gasteiger partial charge in [-0.2, -0.15) is 0 Å². The lowest BCUT2D eigenvalue weighted by Gasteiger charge is -2.35. The average Bonchev–Trinajstić information content (AvgIpc) is 2.48. The summed E-state index contributed by atoms with van der Waals surface area (Å²) in [5.74, 6) is 0.780. The number of likely N-dealkylation sites (tertiary alicyclic amines) is 1. The van der Waals surface area contributed by atoms with Crippen LogP contribution >= 0.6 is 0 Å². The largest absolute Gasteiger partial charge is 0.312 e. The SMILES string of the molecule is CC(NCC(c1ccccc1)N(C)C)C1CCCN(C)C1. The fourth-order valence-electron chi connectivity index (χ4n) is 3.35. The predicted octanol–water partition coefficient (Wildman–Crippen LogP) is 2.61. The molecule has 1 saturated heterocycles. The first-order chi connectivity index (χ1) is 10.1. The van der Waals surface area contributed by atoms with Gasteiger partial charge in [-0.1, -0.05) is 30.3 Å². The third kappa shape index (κ3) is 4.80. The molecule has 1 heterocycles. The average molecular weight is 289 g/mol. The summed E-state index contributed by atoms with van der Waals surface area (Å²) in [6, 6.07) is 11.8. The Hall–Kier alpha value is -0.900. The van der Waals surface area contributed by atoms with E-state index in [4.69, 9.17) is 0 Å². The van der Waals surface area contributed by atoms with E-state index in [9.17, 15) is 0 Å². The van der Waals surface area contributed by atoms with Crippen LogP contribution in [0.1, 0.15) is 31.4 Å². The minimum absolute atomic E-state index is 0.440. The molecule has 1 aromatic carbocycles. The number of nitrogens with one attached hydrogen (secondary N) is 1. The van der Waals surface area contributed by atoms with Crippen molar-refractivity contribution in [1.29, 1.82) is 0 Å². The lowest BCUT2D eigenvalue weighted by Crippen LogP contribution is -2.45. The Labute approximate surface area is 130 Å². The van der Waals surface area contributed by atoms with Crippen LogP contribution in [-0.4, -0.2) is 56.6 Å². The van der Waals surface area contributed by atoms with Crippen LogP contribution in [0.3, 0.4) is 0 Å². The maximum Gasteiger partial charge on any atom is 0.0466 e.